The largest absolute Gasteiger partial charge is 0.480 e. The first kappa shape index (κ1) is 14.7. The van der Waals surface area contributed by atoms with Crippen LogP contribution in [0.1, 0.15) is 52.4 Å². The minimum Gasteiger partial charge on any atom is -0.480 e. The van der Waals surface area contributed by atoms with E-state index in [0.29, 0.717) is 12.8 Å². The number of rotatable bonds is 6. The third-order valence-electron chi connectivity index (χ3n) is 3.11. The maximum absolute atomic E-state index is 11.8. The molecule has 0 saturated heterocycles. The zero-order valence-electron chi connectivity index (χ0n) is 11.2. The van der Waals surface area contributed by atoms with E-state index in [9.17, 15) is 9.59 Å². The molecule has 0 aromatic rings. The van der Waals surface area contributed by atoms with Crippen LogP contribution in [0.2, 0.25) is 0 Å². The van der Waals surface area contributed by atoms with Crippen LogP contribution in [-0.2, 0) is 9.59 Å². The lowest BCUT2D eigenvalue weighted by molar-refractivity contribution is -0.142. The average Bonchev–Trinajstić information content (AvgIpc) is 2.28. The summed E-state index contributed by atoms with van der Waals surface area (Å²) in [5.74, 6) is -0.869. The first-order valence-electron chi connectivity index (χ1n) is 6.69. The zero-order valence-corrected chi connectivity index (χ0v) is 11.2. The molecular formula is C14H23NO3. The number of allylic oxidation sites excluding steroid dienone is 1. The van der Waals surface area contributed by atoms with Gasteiger partial charge in [-0.05, 0) is 38.0 Å². The van der Waals surface area contributed by atoms with Crippen molar-refractivity contribution in [2.24, 2.45) is 5.92 Å². The summed E-state index contributed by atoms with van der Waals surface area (Å²) < 4.78 is 0. The molecule has 102 valence electrons. The number of carbonyl (C=O) groups is 2. The van der Waals surface area contributed by atoms with Crippen molar-refractivity contribution < 1.29 is 14.7 Å². The van der Waals surface area contributed by atoms with E-state index in [1.165, 1.54) is 6.42 Å². The summed E-state index contributed by atoms with van der Waals surface area (Å²) >= 11 is 0. The molecule has 4 heteroatoms. The lowest BCUT2D eigenvalue weighted by Gasteiger charge is -2.18. The molecule has 1 amide bonds. The molecule has 0 fully saturated rings. The highest BCUT2D eigenvalue weighted by Crippen LogP contribution is 2.20. The van der Waals surface area contributed by atoms with Crippen LogP contribution in [0.25, 0.3) is 0 Å². The van der Waals surface area contributed by atoms with Crippen molar-refractivity contribution in [3.63, 3.8) is 0 Å². The molecule has 0 spiro atoms. The fourth-order valence-electron chi connectivity index (χ4n) is 2.21. The van der Waals surface area contributed by atoms with Crippen molar-refractivity contribution in [3.05, 3.63) is 11.6 Å². The van der Waals surface area contributed by atoms with Crippen molar-refractivity contribution >= 4 is 11.9 Å². The quantitative estimate of drug-likeness (QED) is 0.715. The summed E-state index contributed by atoms with van der Waals surface area (Å²) in [7, 11) is 0. The van der Waals surface area contributed by atoms with E-state index in [1.807, 2.05) is 13.8 Å². The van der Waals surface area contributed by atoms with Crippen molar-refractivity contribution in [1.82, 2.24) is 5.32 Å². The molecule has 0 saturated carbocycles. The Labute approximate surface area is 108 Å². The number of aliphatic carboxylic acids is 1. The maximum atomic E-state index is 11.8. The highest BCUT2D eigenvalue weighted by Gasteiger charge is 2.21. The summed E-state index contributed by atoms with van der Waals surface area (Å²) in [4.78, 5) is 22.8. The average molecular weight is 253 g/mol. The molecule has 0 aromatic carbocycles. The van der Waals surface area contributed by atoms with E-state index in [4.69, 9.17) is 5.11 Å². The van der Waals surface area contributed by atoms with E-state index in [-0.39, 0.29) is 11.8 Å². The Morgan fingerprint density at radius 3 is 2.61 bits per heavy atom. The molecular weight excluding hydrogens is 230 g/mol. The first-order chi connectivity index (χ1) is 8.49. The lowest BCUT2D eigenvalue weighted by atomic mass is 9.96. The van der Waals surface area contributed by atoms with Gasteiger partial charge in [-0.3, -0.25) is 4.79 Å². The monoisotopic (exact) mass is 253 g/mol. The molecule has 0 aromatic heterocycles. The first-order valence-corrected chi connectivity index (χ1v) is 6.69. The predicted molar refractivity (Wildman–Crippen MR) is 70.2 cm³/mol. The van der Waals surface area contributed by atoms with Gasteiger partial charge in [-0.2, -0.15) is 0 Å². The Hall–Kier alpha value is -1.32. The van der Waals surface area contributed by atoms with Gasteiger partial charge >= 0.3 is 5.97 Å². The molecule has 0 bridgehead atoms. The predicted octanol–water partition coefficient (Wildman–Crippen LogP) is 2.49. The van der Waals surface area contributed by atoms with Gasteiger partial charge in [0, 0.05) is 6.42 Å². The maximum Gasteiger partial charge on any atom is 0.326 e. The van der Waals surface area contributed by atoms with Crippen LogP contribution >= 0.6 is 0 Å². The Bertz CT molecular complexity index is 334. The van der Waals surface area contributed by atoms with Crippen molar-refractivity contribution in [1.29, 1.82) is 0 Å². The third-order valence-corrected chi connectivity index (χ3v) is 3.11. The molecule has 1 aliphatic carbocycles. The van der Waals surface area contributed by atoms with Crippen molar-refractivity contribution in [3.8, 4) is 0 Å². The van der Waals surface area contributed by atoms with Gasteiger partial charge in [-0.15, -0.1) is 0 Å². The molecule has 4 nitrogen and oxygen atoms in total. The lowest BCUT2D eigenvalue weighted by Crippen LogP contribution is -2.41. The van der Waals surface area contributed by atoms with Gasteiger partial charge in [0.25, 0.3) is 0 Å². The standard InChI is InChI=1S/C14H23NO3/c1-10(2)8-12(14(17)18)15-13(16)9-11-6-4-3-5-7-11/h6,10,12H,3-5,7-9H2,1-2H3,(H,15,16)(H,17,18). The van der Waals surface area contributed by atoms with Crippen LogP contribution < -0.4 is 5.32 Å². The number of carboxylic acid groups (broad SMARTS) is 1. The Morgan fingerprint density at radius 1 is 1.39 bits per heavy atom. The van der Waals surface area contributed by atoms with Crippen LogP contribution in [0.4, 0.5) is 0 Å². The molecule has 0 radical (unpaired) electrons. The molecule has 1 unspecified atom stereocenters. The second kappa shape index (κ2) is 7.19. The van der Waals surface area contributed by atoms with Crippen LogP contribution in [0.5, 0.6) is 0 Å². The smallest absolute Gasteiger partial charge is 0.326 e. The molecule has 1 aliphatic rings. The number of hydrogen-bond donors (Lipinski definition) is 2. The van der Waals surface area contributed by atoms with E-state index >= 15 is 0 Å². The zero-order chi connectivity index (χ0) is 13.5. The van der Waals surface area contributed by atoms with Gasteiger partial charge in [0.15, 0.2) is 0 Å². The highest BCUT2D eigenvalue weighted by molar-refractivity contribution is 5.84. The molecule has 1 atom stereocenters. The van der Waals surface area contributed by atoms with E-state index < -0.39 is 12.0 Å². The number of nitrogens with one attached hydrogen (secondary N) is 1. The fraction of sp³-hybridized carbons (Fsp3) is 0.714. The second-order valence-electron chi connectivity index (χ2n) is 5.37. The molecule has 0 aliphatic heterocycles. The van der Waals surface area contributed by atoms with Crippen LogP contribution in [0, 0.1) is 5.92 Å². The van der Waals surface area contributed by atoms with Gasteiger partial charge in [0.05, 0.1) is 0 Å². The van der Waals surface area contributed by atoms with E-state index in [1.54, 1.807) is 0 Å². The van der Waals surface area contributed by atoms with Crippen molar-refractivity contribution in [2.45, 2.75) is 58.4 Å². The minimum atomic E-state index is -0.949. The van der Waals surface area contributed by atoms with Gasteiger partial charge in [-0.25, -0.2) is 4.79 Å². The summed E-state index contributed by atoms with van der Waals surface area (Å²) in [5.41, 5.74) is 1.15. The summed E-state index contributed by atoms with van der Waals surface area (Å²) in [6.07, 6.45) is 7.26. The Balaban J connectivity index is 2.45. The Kier molecular flexibility index (Phi) is 5.89. The number of hydrogen-bond acceptors (Lipinski definition) is 2. The molecule has 1 rings (SSSR count). The molecule has 2 N–H and O–H groups in total. The number of carbonyl (C=O) groups excluding carboxylic acids is 1. The topological polar surface area (TPSA) is 66.4 Å². The summed E-state index contributed by atoms with van der Waals surface area (Å²) in [6.45, 7) is 3.90. The fourth-order valence-corrected chi connectivity index (χ4v) is 2.21. The van der Waals surface area contributed by atoms with Gasteiger partial charge in [0.2, 0.25) is 5.91 Å². The highest BCUT2D eigenvalue weighted by atomic mass is 16.4. The minimum absolute atomic E-state index is 0.170. The van der Waals surface area contributed by atoms with Gasteiger partial charge in [-0.1, -0.05) is 25.5 Å². The van der Waals surface area contributed by atoms with Crippen LogP contribution in [-0.4, -0.2) is 23.0 Å². The van der Waals surface area contributed by atoms with Gasteiger partial charge in [0.1, 0.15) is 6.04 Å². The summed E-state index contributed by atoms with van der Waals surface area (Å²) in [5, 5.41) is 11.7. The van der Waals surface area contributed by atoms with Gasteiger partial charge < -0.3 is 10.4 Å². The SMILES string of the molecule is CC(C)CC(NC(=O)CC1=CCCCC1)C(=O)O. The normalized spacial score (nSPS) is 17.2. The second-order valence-corrected chi connectivity index (χ2v) is 5.37. The number of amides is 1. The summed E-state index contributed by atoms with van der Waals surface area (Å²) in [6, 6.07) is -0.762. The molecule has 18 heavy (non-hydrogen) atoms. The molecule has 0 heterocycles. The van der Waals surface area contributed by atoms with E-state index in [0.717, 1.165) is 24.8 Å². The Morgan fingerprint density at radius 2 is 2.11 bits per heavy atom. The van der Waals surface area contributed by atoms with E-state index in [2.05, 4.69) is 11.4 Å². The van der Waals surface area contributed by atoms with Crippen molar-refractivity contribution in [2.75, 3.05) is 0 Å². The third kappa shape index (κ3) is 5.34. The number of carboxylic acids is 1. The van der Waals surface area contributed by atoms with Crippen LogP contribution in [0.3, 0.4) is 0 Å². The van der Waals surface area contributed by atoms with Crippen LogP contribution in [0.15, 0.2) is 11.6 Å².